The van der Waals surface area contributed by atoms with E-state index in [4.69, 9.17) is 4.98 Å². The Labute approximate surface area is 218 Å². The summed E-state index contributed by atoms with van der Waals surface area (Å²) in [6, 6.07) is 4.78. The summed E-state index contributed by atoms with van der Waals surface area (Å²) < 4.78 is 0. The van der Waals surface area contributed by atoms with Crippen LogP contribution in [0.1, 0.15) is 90.1 Å². The number of hydrogen-bond donors (Lipinski definition) is 2. The van der Waals surface area contributed by atoms with E-state index in [9.17, 15) is 14.4 Å². The number of nitrogens with zero attached hydrogens (tertiary/aromatic N) is 2. The minimum Gasteiger partial charge on any atom is -0.343 e. The van der Waals surface area contributed by atoms with E-state index < -0.39 is 6.04 Å². The van der Waals surface area contributed by atoms with Crippen LogP contribution in [0.3, 0.4) is 0 Å². The minimum atomic E-state index is -0.523. The van der Waals surface area contributed by atoms with Crippen molar-refractivity contribution < 1.29 is 14.4 Å². The Bertz CT molecular complexity index is 1090. The highest BCUT2D eigenvalue weighted by molar-refractivity contribution is 7.10. The molecule has 1 saturated carbocycles. The van der Waals surface area contributed by atoms with Gasteiger partial charge < -0.3 is 15.5 Å². The Morgan fingerprint density at radius 3 is 2.39 bits per heavy atom. The molecule has 1 aromatic heterocycles. The third-order valence-corrected chi connectivity index (χ3v) is 8.52. The summed E-state index contributed by atoms with van der Waals surface area (Å²) in [5, 5.41) is 8.66. The van der Waals surface area contributed by atoms with Crippen molar-refractivity contribution in [1.29, 1.82) is 0 Å². The maximum atomic E-state index is 13.9. The number of carbonyl (C=O) groups is 3. The highest BCUT2D eigenvalue weighted by Crippen LogP contribution is 2.36. The first kappa shape index (κ1) is 26.5. The van der Waals surface area contributed by atoms with E-state index in [0.29, 0.717) is 17.8 Å². The molecule has 2 heterocycles. The SMILES string of the molecule is CN[C@@H](C)C(=O)N[C@H](C(=O)N1CCC[C@H]1c1nc(C(=O)c2cc(C)cc(C)c2)cs1)C1CCCCC1. The number of aromatic nitrogens is 1. The highest BCUT2D eigenvalue weighted by atomic mass is 32.1. The number of aryl methyl sites for hydroxylation is 2. The molecule has 0 bridgehead atoms. The van der Waals surface area contributed by atoms with Gasteiger partial charge in [0.2, 0.25) is 17.6 Å². The number of nitrogens with one attached hydrogen (secondary N) is 2. The van der Waals surface area contributed by atoms with E-state index in [1.165, 1.54) is 17.8 Å². The van der Waals surface area contributed by atoms with Gasteiger partial charge >= 0.3 is 0 Å². The standard InChI is InChI=1S/C28H38N4O3S/c1-17-13-18(2)15-21(14-17)25(33)22-16-36-27(30-22)23-11-8-12-32(23)28(35)24(20-9-6-5-7-10-20)31-26(34)19(3)29-4/h13-16,19-20,23-24,29H,5-12H2,1-4H3,(H,31,34)/t19-,23-,24-/m0/s1. The zero-order valence-electron chi connectivity index (χ0n) is 21.8. The molecular formula is C28H38N4O3S. The maximum Gasteiger partial charge on any atom is 0.246 e. The summed E-state index contributed by atoms with van der Waals surface area (Å²) in [4.78, 5) is 46.4. The number of benzene rings is 1. The van der Waals surface area contributed by atoms with Gasteiger partial charge in [-0.25, -0.2) is 4.98 Å². The second-order valence-electron chi connectivity index (χ2n) is 10.4. The average molecular weight is 511 g/mol. The molecule has 2 N–H and O–H groups in total. The van der Waals surface area contributed by atoms with Gasteiger partial charge in [0, 0.05) is 17.5 Å². The van der Waals surface area contributed by atoms with Crippen LogP contribution in [0.5, 0.6) is 0 Å². The van der Waals surface area contributed by atoms with Crippen LogP contribution in [-0.2, 0) is 9.59 Å². The van der Waals surface area contributed by atoms with Crippen molar-refractivity contribution >= 4 is 28.9 Å². The number of carbonyl (C=O) groups excluding carboxylic acids is 3. The summed E-state index contributed by atoms with van der Waals surface area (Å²) >= 11 is 1.45. The lowest BCUT2D eigenvalue weighted by Gasteiger charge is -2.35. The van der Waals surface area contributed by atoms with E-state index in [0.717, 1.165) is 54.7 Å². The summed E-state index contributed by atoms with van der Waals surface area (Å²) in [5.41, 5.74) is 3.16. The fourth-order valence-corrected chi connectivity index (χ4v) is 6.47. The van der Waals surface area contributed by atoms with Crippen LogP contribution in [0.2, 0.25) is 0 Å². The number of likely N-dealkylation sites (N-methyl/N-ethyl adjacent to an activating group) is 1. The van der Waals surface area contributed by atoms with Gasteiger partial charge in [-0.15, -0.1) is 11.3 Å². The predicted molar refractivity (Wildman–Crippen MR) is 142 cm³/mol. The number of amides is 2. The average Bonchev–Trinajstić information content (AvgIpc) is 3.55. The third-order valence-electron chi connectivity index (χ3n) is 7.57. The molecule has 0 spiro atoms. The lowest BCUT2D eigenvalue weighted by molar-refractivity contribution is -0.139. The Morgan fingerprint density at radius 1 is 1.03 bits per heavy atom. The van der Waals surface area contributed by atoms with Gasteiger partial charge in [0.1, 0.15) is 16.7 Å². The monoisotopic (exact) mass is 510 g/mol. The quantitative estimate of drug-likeness (QED) is 0.516. The predicted octanol–water partition coefficient (Wildman–Crippen LogP) is 4.33. The molecule has 2 fully saturated rings. The molecule has 3 atom stereocenters. The fourth-order valence-electron chi connectivity index (χ4n) is 5.52. The number of likely N-dealkylation sites (tertiary alicyclic amines) is 1. The molecule has 1 aromatic carbocycles. The molecule has 1 aliphatic carbocycles. The van der Waals surface area contributed by atoms with Crippen molar-refractivity contribution in [2.45, 2.75) is 83.8 Å². The van der Waals surface area contributed by atoms with Crippen molar-refractivity contribution in [3.05, 3.63) is 51.0 Å². The first-order valence-corrected chi connectivity index (χ1v) is 14.0. The molecule has 1 aliphatic heterocycles. The lowest BCUT2D eigenvalue weighted by atomic mass is 9.83. The Morgan fingerprint density at radius 2 is 1.72 bits per heavy atom. The Kier molecular flexibility index (Phi) is 8.57. The van der Waals surface area contributed by atoms with Crippen LogP contribution < -0.4 is 10.6 Å². The zero-order valence-corrected chi connectivity index (χ0v) is 22.6. The molecule has 0 unspecified atom stereocenters. The highest BCUT2D eigenvalue weighted by Gasteiger charge is 2.40. The molecule has 8 heteroatoms. The molecule has 36 heavy (non-hydrogen) atoms. The summed E-state index contributed by atoms with van der Waals surface area (Å²) in [5.74, 6) is -0.0988. The van der Waals surface area contributed by atoms with Crippen LogP contribution in [0.4, 0.5) is 0 Å². The Balaban J connectivity index is 1.54. The number of ketones is 1. The lowest BCUT2D eigenvalue weighted by Crippen LogP contribution is -2.55. The Hall–Kier alpha value is -2.58. The molecule has 1 saturated heterocycles. The molecule has 2 amide bonds. The van der Waals surface area contributed by atoms with E-state index in [1.54, 1.807) is 14.0 Å². The van der Waals surface area contributed by atoms with Crippen LogP contribution in [0.25, 0.3) is 0 Å². The first-order valence-electron chi connectivity index (χ1n) is 13.1. The van der Waals surface area contributed by atoms with Gasteiger partial charge in [0.15, 0.2) is 0 Å². The van der Waals surface area contributed by atoms with Crippen molar-refractivity contribution in [3.8, 4) is 0 Å². The van der Waals surface area contributed by atoms with E-state index in [1.807, 2.05) is 42.3 Å². The number of hydrogen-bond acceptors (Lipinski definition) is 6. The largest absolute Gasteiger partial charge is 0.343 e. The number of rotatable bonds is 8. The van der Waals surface area contributed by atoms with Crippen LogP contribution in [0, 0.1) is 19.8 Å². The van der Waals surface area contributed by atoms with Gasteiger partial charge in [-0.2, -0.15) is 0 Å². The van der Waals surface area contributed by atoms with E-state index in [2.05, 4.69) is 10.6 Å². The number of thiazole rings is 1. The third kappa shape index (κ3) is 5.86. The topological polar surface area (TPSA) is 91.4 Å². The van der Waals surface area contributed by atoms with E-state index >= 15 is 0 Å². The van der Waals surface area contributed by atoms with Gasteiger partial charge in [-0.05, 0) is 71.6 Å². The first-order chi connectivity index (χ1) is 17.3. The molecule has 4 rings (SSSR count). The molecule has 2 aliphatic rings. The molecular weight excluding hydrogens is 472 g/mol. The van der Waals surface area contributed by atoms with Gasteiger partial charge in [0.25, 0.3) is 0 Å². The van der Waals surface area contributed by atoms with Gasteiger partial charge in [0.05, 0.1) is 12.1 Å². The molecule has 2 aromatic rings. The van der Waals surface area contributed by atoms with Crippen LogP contribution >= 0.6 is 11.3 Å². The van der Waals surface area contributed by atoms with Crippen molar-refractivity contribution in [1.82, 2.24) is 20.5 Å². The smallest absolute Gasteiger partial charge is 0.246 e. The molecule has 7 nitrogen and oxygen atoms in total. The summed E-state index contributed by atoms with van der Waals surface area (Å²) in [6.45, 7) is 6.42. The fraction of sp³-hybridized carbons (Fsp3) is 0.571. The van der Waals surface area contributed by atoms with Crippen molar-refractivity contribution in [2.24, 2.45) is 5.92 Å². The second kappa shape index (κ2) is 11.6. The maximum absolute atomic E-state index is 13.9. The van der Waals surface area contributed by atoms with Crippen molar-refractivity contribution in [3.63, 3.8) is 0 Å². The molecule has 0 radical (unpaired) electrons. The minimum absolute atomic E-state index is 0.0153. The van der Waals surface area contributed by atoms with Gasteiger partial charge in [-0.1, -0.05) is 36.5 Å². The summed E-state index contributed by atoms with van der Waals surface area (Å²) in [7, 11) is 1.75. The normalized spacial score (nSPS) is 20.2. The zero-order chi connectivity index (χ0) is 25.8. The van der Waals surface area contributed by atoms with Crippen LogP contribution in [-0.4, -0.2) is 53.2 Å². The van der Waals surface area contributed by atoms with Crippen LogP contribution in [0.15, 0.2) is 23.6 Å². The van der Waals surface area contributed by atoms with E-state index in [-0.39, 0.29) is 35.6 Å². The van der Waals surface area contributed by atoms with Crippen molar-refractivity contribution in [2.75, 3.05) is 13.6 Å². The van der Waals surface area contributed by atoms with Gasteiger partial charge in [-0.3, -0.25) is 14.4 Å². The molecule has 194 valence electrons. The second-order valence-corrected chi connectivity index (χ2v) is 11.3. The summed E-state index contributed by atoms with van der Waals surface area (Å²) in [6.07, 6.45) is 6.96.